The third kappa shape index (κ3) is 3.38. The van der Waals surface area contributed by atoms with Gasteiger partial charge in [0.15, 0.2) is 0 Å². The molecule has 1 heterocycles. The molecule has 0 amide bonds. The molecule has 3 N–H and O–H groups in total. The Bertz CT molecular complexity index is 582. The maximum Gasteiger partial charge on any atom is 0.129 e. The van der Waals surface area contributed by atoms with Crippen molar-refractivity contribution in [2.24, 2.45) is 0 Å². The molecule has 3 nitrogen and oxygen atoms in total. The summed E-state index contributed by atoms with van der Waals surface area (Å²) >= 11 is 11.7. The monoisotopic (exact) mass is 296 g/mol. The van der Waals surface area contributed by atoms with E-state index in [1.165, 1.54) is 6.20 Å². The van der Waals surface area contributed by atoms with E-state index in [1.807, 2.05) is 12.1 Å². The summed E-state index contributed by atoms with van der Waals surface area (Å²) in [6, 6.07) is 8.94. The van der Waals surface area contributed by atoms with Crippen LogP contribution in [0.1, 0.15) is 18.1 Å². The molecule has 0 radical (unpaired) electrons. The molecule has 0 saturated heterocycles. The second-order valence-electron chi connectivity index (χ2n) is 4.66. The van der Waals surface area contributed by atoms with Crippen LogP contribution in [0.5, 0.6) is 0 Å². The molecule has 1 atom stereocenters. The molecule has 5 heteroatoms. The predicted octanol–water partition coefficient (Wildman–Crippen LogP) is 3.42. The van der Waals surface area contributed by atoms with Crippen LogP contribution in [0.2, 0.25) is 10.0 Å². The van der Waals surface area contributed by atoms with Crippen molar-refractivity contribution in [3.05, 3.63) is 57.7 Å². The zero-order chi connectivity index (χ0) is 14.0. The number of pyridine rings is 1. The van der Waals surface area contributed by atoms with Gasteiger partial charge >= 0.3 is 0 Å². The van der Waals surface area contributed by atoms with Crippen molar-refractivity contribution in [3.63, 3.8) is 0 Å². The number of nitrogens with two attached hydrogens (primary N) is 1. The summed E-state index contributed by atoms with van der Waals surface area (Å²) in [6.07, 6.45) is 1.86. The molecule has 0 aliphatic heterocycles. The van der Waals surface area contributed by atoms with E-state index in [-0.39, 0.29) is 5.82 Å². The number of anilines is 1. The van der Waals surface area contributed by atoms with Crippen molar-refractivity contribution in [1.82, 2.24) is 4.98 Å². The highest BCUT2D eigenvalue weighted by molar-refractivity contribution is 6.30. The SMILES string of the molecule is CC(O)(Cc1ccc(Cl)cc1)c1cc(Cl)cnc1N. The molecule has 1 aromatic heterocycles. The molecule has 1 aromatic carbocycles. The van der Waals surface area contributed by atoms with Crippen LogP contribution in [0.4, 0.5) is 5.82 Å². The first-order valence-corrected chi connectivity index (χ1v) is 6.52. The number of aromatic nitrogens is 1. The van der Waals surface area contributed by atoms with Crippen molar-refractivity contribution < 1.29 is 5.11 Å². The minimum Gasteiger partial charge on any atom is -0.385 e. The largest absolute Gasteiger partial charge is 0.385 e. The van der Waals surface area contributed by atoms with Crippen molar-refractivity contribution in [1.29, 1.82) is 0 Å². The molecule has 100 valence electrons. The normalized spacial score (nSPS) is 14.1. The Hall–Kier alpha value is -1.29. The molecule has 0 fully saturated rings. The number of hydrogen-bond acceptors (Lipinski definition) is 3. The Morgan fingerprint density at radius 1 is 1.21 bits per heavy atom. The van der Waals surface area contributed by atoms with Crippen LogP contribution in [0.25, 0.3) is 0 Å². The Morgan fingerprint density at radius 2 is 1.84 bits per heavy atom. The number of benzene rings is 1. The minimum absolute atomic E-state index is 0.281. The summed E-state index contributed by atoms with van der Waals surface area (Å²) in [7, 11) is 0. The quantitative estimate of drug-likeness (QED) is 0.912. The van der Waals surface area contributed by atoms with Crippen LogP contribution < -0.4 is 5.73 Å². The van der Waals surface area contributed by atoms with Crippen LogP contribution in [0, 0.1) is 0 Å². The first kappa shape index (κ1) is 14.1. The summed E-state index contributed by atoms with van der Waals surface area (Å²) in [5.74, 6) is 0.281. The molecular formula is C14H14Cl2N2O. The van der Waals surface area contributed by atoms with Crippen molar-refractivity contribution in [3.8, 4) is 0 Å². The third-order valence-corrected chi connectivity index (χ3v) is 3.39. The zero-order valence-electron chi connectivity index (χ0n) is 10.4. The molecule has 2 aromatic rings. The van der Waals surface area contributed by atoms with E-state index in [0.29, 0.717) is 22.0 Å². The molecular weight excluding hydrogens is 283 g/mol. The smallest absolute Gasteiger partial charge is 0.129 e. The van der Waals surface area contributed by atoms with Crippen LogP contribution in [-0.4, -0.2) is 10.1 Å². The van der Waals surface area contributed by atoms with Gasteiger partial charge in [-0.2, -0.15) is 0 Å². The van der Waals surface area contributed by atoms with Gasteiger partial charge in [0.25, 0.3) is 0 Å². The fourth-order valence-corrected chi connectivity index (χ4v) is 2.26. The van der Waals surface area contributed by atoms with Crippen molar-refractivity contribution >= 4 is 29.0 Å². The first-order valence-electron chi connectivity index (χ1n) is 5.77. The highest BCUT2D eigenvalue weighted by Gasteiger charge is 2.27. The Morgan fingerprint density at radius 3 is 2.47 bits per heavy atom. The van der Waals surface area contributed by atoms with Crippen molar-refractivity contribution in [2.45, 2.75) is 18.9 Å². The van der Waals surface area contributed by atoms with E-state index in [0.717, 1.165) is 5.56 Å². The van der Waals surface area contributed by atoms with E-state index in [4.69, 9.17) is 28.9 Å². The zero-order valence-corrected chi connectivity index (χ0v) is 11.9. The second-order valence-corrected chi connectivity index (χ2v) is 5.54. The number of nitrogen functional groups attached to an aromatic ring is 1. The second kappa shape index (κ2) is 5.37. The first-order chi connectivity index (χ1) is 8.88. The highest BCUT2D eigenvalue weighted by Crippen LogP contribution is 2.30. The molecule has 0 saturated carbocycles. The van der Waals surface area contributed by atoms with Gasteiger partial charge in [-0.3, -0.25) is 0 Å². The molecule has 19 heavy (non-hydrogen) atoms. The number of rotatable bonds is 3. The van der Waals surface area contributed by atoms with Crippen LogP contribution in [-0.2, 0) is 12.0 Å². The molecule has 1 unspecified atom stereocenters. The lowest BCUT2D eigenvalue weighted by molar-refractivity contribution is 0.0581. The molecule has 0 aliphatic carbocycles. The van der Waals surface area contributed by atoms with E-state index in [2.05, 4.69) is 4.98 Å². The number of hydrogen-bond donors (Lipinski definition) is 2. The number of halogens is 2. The van der Waals surface area contributed by atoms with Gasteiger partial charge in [0.1, 0.15) is 5.82 Å². The number of nitrogens with zero attached hydrogens (tertiary/aromatic N) is 1. The van der Waals surface area contributed by atoms with E-state index < -0.39 is 5.60 Å². The van der Waals surface area contributed by atoms with Crippen LogP contribution >= 0.6 is 23.2 Å². The van der Waals surface area contributed by atoms with Gasteiger partial charge in [-0.25, -0.2) is 4.98 Å². The standard InChI is InChI=1S/C14H14Cl2N2O/c1-14(19,7-9-2-4-10(15)5-3-9)12-6-11(16)8-18-13(12)17/h2-6,8,19H,7H2,1H3,(H2,17,18). The van der Waals surface area contributed by atoms with E-state index in [9.17, 15) is 5.11 Å². The molecule has 2 rings (SSSR count). The van der Waals surface area contributed by atoms with Gasteiger partial charge in [0, 0.05) is 23.2 Å². The highest BCUT2D eigenvalue weighted by atomic mass is 35.5. The number of aliphatic hydroxyl groups is 1. The Kier molecular flexibility index (Phi) is 3.99. The third-order valence-electron chi connectivity index (χ3n) is 2.93. The van der Waals surface area contributed by atoms with Gasteiger partial charge in [0.05, 0.1) is 10.6 Å². The summed E-state index contributed by atoms with van der Waals surface area (Å²) < 4.78 is 0. The lowest BCUT2D eigenvalue weighted by Crippen LogP contribution is -2.26. The molecule has 0 aliphatic rings. The predicted molar refractivity (Wildman–Crippen MR) is 78.4 cm³/mol. The fourth-order valence-electron chi connectivity index (χ4n) is 1.98. The van der Waals surface area contributed by atoms with Gasteiger partial charge in [0.2, 0.25) is 0 Å². The molecule has 0 spiro atoms. The minimum atomic E-state index is -1.14. The summed E-state index contributed by atoms with van der Waals surface area (Å²) in [5.41, 5.74) is 6.14. The van der Waals surface area contributed by atoms with E-state index >= 15 is 0 Å². The average Bonchev–Trinajstić information content (AvgIpc) is 2.35. The van der Waals surface area contributed by atoms with Crippen molar-refractivity contribution in [2.75, 3.05) is 5.73 Å². The topological polar surface area (TPSA) is 59.1 Å². The summed E-state index contributed by atoms with van der Waals surface area (Å²) in [6.45, 7) is 1.69. The maximum absolute atomic E-state index is 10.6. The van der Waals surface area contributed by atoms with E-state index in [1.54, 1.807) is 25.1 Å². The average molecular weight is 297 g/mol. The summed E-state index contributed by atoms with van der Waals surface area (Å²) in [4.78, 5) is 3.97. The van der Waals surface area contributed by atoms with Gasteiger partial charge in [-0.15, -0.1) is 0 Å². The lowest BCUT2D eigenvalue weighted by Gasteiger charge is -2.25. The fraction of sp³-hybridized carbons (Fsp3) is 0.214. The Balaban J connectivity index is 2.31. The van der Waals surface area contributed by atoms with Gasteiger partial charge < -0.3 is 10.8 Å². The maximum atomic E-state index is 10.6. The van der Waals surface area contributed by atoms with Crippen LogP contribution in [0.15, 0.2) is 36.5 Å². The molecule has 0 bridgehead atoms. The van der Waals surface area contributed by atoms with Gasteiger partial charge in [-0.1, -0.05) is 35.3 Å². The lowest BCUT2D eigenvalue weighted by atomic mass is 9.89. The van der Waals surface area contributed by atoms with Gasteiger partial charge in [-0.05, 0) is 30.7 Å². The Labute approximate surface area is 122 Å². The van der Waals surface area contributed by atoms with Crippen LogP contribution in [0.3, 0.4) is 0 Å². The summed E-state index contributed by atoms with van der Waals surface area (Å²) in [5, 5.41) is 11.7.